The van der Waals surface area contributed by atoms with Gasteiger partial charge >= 0.3 is 0 Å². The van der Waals surface area contributed by atoms with Crippen molar-refractivity contribution in [1.82, 2.24) is 9.78 Å². The van der Waals surface area contributed by atoms with Gasteiger partial charge in [0.1, 0.15) is 17.5 Å². The summed E-state index contributed by atoms with van der Waals surface area (Å²) in [5, 5.41) is 13.9. The first-order valence-electron chi connectivity index (χ1n) is 5.53. The van der Waals surface area contributed by atoms with Gasteiger partial charge in [-0.15, -0.1) is 0 Å². The Morgan fingerprint density at radius 2 is 2.16 bits per heavy atom. The van der Waals surface area contributed by atoms with Crippen LogP contribution in [0.2, 0.25) is 10.2 Å². The minimum atomic E-state index is 0.282. The summed E-state index contributed by atoms with van der Waals surface area (Å²) in [5.74, 6) is 0.514. The molecule has 2 rings (SSSR count). The summed E-state index contributed by atoms with van der Waals surface area (Å²) in [6.07, 6.45) is 0. The maximum absolute atomic E-state index is 8.76. The highest BCUT2D eigenvalue weighted by molar-refractivity contribution is 6.32. The second kappa shape index (κ2) is 5.52. The number of hydrogen-bond donors (Lipinski definition) is 0. The molecule has 0 radical (unpaired) electrons. The van der Waals surface area contributed by atoms with Crippen LogP contribution in [0.5, 0.6) is 5.75 Å². The van der Waals surface area contributed by atoms with Gasteiger partial charge in [0.05, 0.1) is 22.3 Å². The third-order valence-corrected chi connectivity index (χ3v) is 3.47. The molecule has 98 valence electrons. The maximum Gasteiger partial charge on any atom is 0.138 e. The van der Waals surface area contributed by atoms with Crippen LogP contribution in [0.1, 0.15) is 16.8 Å². The Labute approximate surface area is 121 Å². The SMILES string of the molecule is Cc1nn(C)c(Cl)c1COc1ccc(C#N)cc1Cl. The second-order valence-electron chi connectivity index (χ2n) is 4.02. The van der Waals surface area contributed by atoms with Gasteiger partial charge in [-0.25, -0.2) is 0 Å². The first-order valence-corrected chi connectivity index (χ1v) is 6.29. The number of ether oxygens (including phenoxy) is 1. The number of benzene rings is 1. The molecule has 0 unspecified atom stereocenters. The van der Waals surface area contributed by atoms with Gasteiger partial charge in [0, 0.05) is 12.6 Å². The molecule has 0 amide bonds. The molecule has 0 spiro atoms. The van der Waals surface area contributed by atoms with Crippen LogP contribution in [-0.4, -0.2) is 9.78 Å². The lowest BCUT2D eigenvalue weighted by Gasteiger charge is -2.08. The van der Waals surface area contributed by atoms with Crippen LogP contribution in [0.15, 0.2) is 18.2 Å². The standard InChI is InChI=1S/C13H11Cl2N3O/c1-8-10(13(15)18(2)17-8)7-19-12-4-3-9(6-16)5-11(12)14/h3-5H,7H2,1-2H3. The van der Waals surface area contributed by atoms with E-state index in [1.54, 1.807) is 29.9 Å². The first kappa shape index (κ1) is 13.7. The molecule has 0 saturated carbocycles. The first-order chi connectivity index (χ1) is 9.02. The summed E-state index contributed by atoms with van der Waals surface area (Å²) < 4.78 is 7.21. The fourth-order valence-corrected chi connectivity index (χ4v) is 2.14. The predicted octanol–water partition coefficient (Wildman–Crippen LogP) is 3.49. The molecule has 2 aromatic rings. The molecule has 0 bridgehead atoms. The molecule has 0 aliphatic rings. The topological polar surface area (TPSA) is 50.8 Å². The molecular weight excluding hydrogens is 285 g/mol. The largest absolute Gasteiger partial charge is 0.487 e. The number of halogens is 2. The lowest BCUT2D eigenvalue weighted by molar-refractivity contribution is 0.305. The molecule has 0 aliphatic heterocycles. The predicted molar refractivity (Wildman–Crippen MR) is 73.5 cm³/mol. The lowest BCUT2D eigenvalue weighted by atomic mass is 10.2. The maximum atomic E-state index is 8.76. The Hall–Kier alpha value is -1.70. The van der Waals surface area contributed by atoms with E-state index in [0.29, 0.717) is 21.5 Å². The average molecular weight is 296 g/mol. The molecule has 0 fully saturated rings. The summed E-state index contributed by atoms with van der Waals surface area (Å²) >= 11 is 12.1. The van der Waals surface area contributed by atoms with Gasteiger partial charge in [-0.3, -0.25) is 4.68 Å². The van der Waals surface area contributed by atoms with Gasteiger partial charge in [-0.2, -0.15) is 10.4 Å². The molecule has 1 aromatic heterocycles. The number of hydrogen-bond acceptors (Lipinski definition) is 3. The zero-order valence-electron chi connectivity index (χ0n) is 10.4. The molecule has 0 saturated heterocycles. The Kier molecular flexibility index (Phi) is 3.98. The minimum Gasteiger partial charge on any atom is -0.487 e. The van der Waals surface area contributed by atoms with E-state index in [4.69, 9.17) is 33.2 Å². The Morgan fingerprint density at radius 3 is 2.68 bits per heavy atom. The summed E-state index contributed by atoms with van der Waals surface area (Å²) in [4.78, 5) is 0. The van der Waals surface area contributed by atoms with Crippen molar-refractivity contribution in [1.29, 1.82) is 5.26 Å². The highest BCUT2D eigenvalue weighted by atomic mass is 35.5. The molecule has 6 heteroatoms. The van der Waals surface area contributed by atoms with Crippen LogP contribution in [0.3, 0.4) is 0 Å². The zero-order valence-corrected chi connectivity index (χ0v) is 12.0. The number of aromatic nitrogens is 2. The smallest absolute Gasteiger partial charge is 0.138 e. The Morgan fingerprint density at radius 1 is 1.42 bits per heavy atom. The van der Waals surface area contributed by atoms with E-state index in [-0.39, 0.29) is 6.61 Å². The summed E-state index contributed by atoms with van der Waals surface area (Å²) in [5.41, 5.74) is 2.13. The van der Waals surface area contributed by atoms with E-state index in [0.717, 1.165) is 11.3 Å². The average Bonchev–Trinajstić information content (AvgIpc) is 2.62. The lowest BCUT2D eigenvalue weighted by Crippen LogP contribution is -1.98. The van der Waals surface area contributed by atoms with Gasteiger partial charge in [-0.1, -0.05) is 23.2 Å². The van der Waals surface area contributed by atoms with Crippen LogP contribution in [0.4, 0.5) is 0 Å². The molecule has 0 N–H and O–H groups in total. The Balaban J connectivity index is 2.17. The van der Waals surface area contributed by atoms with Crippen molar-refractivity contribution < 1.29 is 4.74 Å². The van der Waals surface area contributed by atoms with Crippen molar-refractivity contribution in [2.75, 3.05) is 0 Å². The number of nitriles is 1. The van der Waals surface area contributed by atoms with E-state index in [2.05, 4.69) is 5.10 Å². The molecule has 1 aromatic carbocycles. The van der Waals surface area contributed by atoms with Gasteiger partial charge in [0.2, 0.25) is 0 Å². The zero-order chi connectivity index (χ0) is 14.0. The van der Waals surface area contributed by atoms with Crippen LogP contribution < -0.4 is 4.74 Å². The van der Waals surface area contributed by atoms with Crippen molar-refractivity contribution in [2.24, 2.45) is 7.05 Å². The quantitative estimate of drug-likeness (QED) is 0.871. The van der Waals surface area contributed by atoms with Gasteiger partial charge in [0.25, 0.3) is 0 Å². The molecule has 4 nitrogen and oxygen atoms in total. The third kappa shape index (κ3) is 2.83. The van der Waals surface area contributed by atoms with Crippen LogP contribution in [-0.2, 0) is 13.7 Å². The van der Waals surface area contributed by atoms with E-state index in [1.165, 1.54) is 0 Å². The van der Waals surface area contributed by atoms with Crippen molar-refractivity contribution in [3.8, 4) is 11.8 Å². The highest BCUT2D eigenvalue weighted by Crippen LogP contribution is 2.27. The number of rotatable bonds is 3. The van der Waals surface area contributed by atoms with Crippen molar-refractivity contribution in [3.05, 3.63) is 45.2 Å². The van der Waals surface area contributed by atoms with Gasteiger partial charge in [0.15, 0.2) is 0 Å². The third-order valence-electron chi connectivity index (χ3n) is 2.70. The summed E-state index contributed by atoms with van der Waals surface area (Å²) in [7, 11) is 1.77. The Bertz CT molecular complexity index is 659. The van der Waals surface area contributed by atoms with E-state index in [1.807, 2.05) is 13.0 Å². The van der Waals surface area contributed by atoms with E-state index >= 15 is 0 Å². The minimum absolute atomic E-state index is 0.282. The van der Waals surface area contributed by atoms with Crippen LogP contribution in [0.25, 0.3) is 0 Å². The summed E-state index contributed by atoms with van der Waals surface area (Å²) in [6, 6.07) is 6.90. The fourth-order valence-electron chi connectivity index (χ4n) is 1.68. The van der Waals surface area contributed by atoms with Gasteiger partial charge in [-0.05, 0) is 25.1 Å². The summed E-state index contributed by atoms with van der Waals surface area (Å²) in [6.45, 7) is 2.15. The van der Waals surface area contributed by atoms with Crippen LogP contribution in [0, 0.1) is 18.3 Å². The second-order valence-corrected chi connectivity index (χ2v) is 4.79. The molecule has 0 atom stereocenters. The monoisotopic (exact) mass is 295 g/mol. The molecule has 0 aliphatic carbocycles. The van der Waals surface area contributed by atoms with Crippen molar-refractivity contribution in [3.63, 3.8) is 0 Å². The highest BCUT2D eigenvalue weighted by Gasteiger charge is 2.12. The number of nitrogens with zero attached hydrogens (tertiary/aromatic N) is 3. The molecule has 19 heavy (non-hydrogen) atoms. The van der Waals surface area contributed by atoms with Crippen molar-refractivity contribution in [2.45, 2.75) is 13.5 Å². The molecule has 1 heterocycles. The van der Waals surface area contributed by atoms with Crippen LogP contribution >= 0.6 is 23.2 Å². The number of aryl methyl sites for hydroxylation is 2. The van der Waals surface area contributed by atoms with E-state index < -0.39 is 0 Å². The molecular formula is C13H11Cl2N3O. The van der Waals surface area contributed by atoms with Crippen molar-refractivity contribution >= 4 is 23.2 Å². The van der Waals surface area contributed by atoms with E-state index in [9.17, 15) is 0 Å². The normalized spacial score (nSPS) is 10.3. The fraction of sp³-hybridized carbons (Fsp3) is 0.231. The van der Waals surface area contributed by atoms with Gasteiger partial charge < -0.3 is 4.74 Å².